The van der Waals surface area contributed by atoms with Crippen LogP contribution in [-0.4, -0.2) is 13.5 Å². The minimum absolute atomic E-state index is 0.0927. The summed E-state index contributed by atoms with van der Waals surface area (Å²) in [5, 5.41) is 10.7. The van der Waals surface area contributed by atoms with E-state index in [0.29, 0.717) is 22.0 Å². The molecule has 0 aliphatic carbocycles. The number of anilines is 1. The molecule has 118 valence electrons. The van der Waals surface area contributed by atoms with E-state index in [9.17, 15) is 13.5 Å². The van der Waals surface area contributed by atoms with Crippen molar-refractivity contribution in [2.45, 2.75) is 11.4 Å². The van der Waals surface area contributed by atoms with Crippen molar-refractivity contribution in [2.75, 3.05) is 5.73 Å². The molecule has 0 aromatic heterocycles. The maximum Gasteiger partial charge on any atom is 0.241 e. The van der Waals surface area contributed by atoms with E-state index in [4.69, 9.17) is 5.73 Å². The van der Waals surface area contributed by atoms with Crippen LogP contribution in [0.1, 0.15) is 5.56 Å². The van der Waals surface area contributed by atoms with Crippen molar-refractivity contribution in [3.05, 3.63) is 66.2 Å². The van der Waals surface area contributed by atoms with E-state index in [1.54, 1.807) is 48.5 Å². The molecule has 0 heterocycles. The third kappa shape index (κ3) is 3.13. The highest BCUT2D eigenvalue weighted by Crippen LogP contribution is 2.27. The average molecular weight is 328 g/mol. The predicted molar refractivity (Wildman–Crippen MR) is 90.5 cm³/mol. The van der Waals surface area contributed by atoms with Gasteiger partial charge in [0.25, 0.3) is 0 Å². The predicted octanol–water partition coefficient (Wildman–Crippen LogP) is 2.61. The summed E-state index contributed by atoms with van der Waals surface area (Å²) in [5.74, 6) is 0.0969. The zero-order chi connectivity index (χ0) is 16.4. The Kier molecular flexibility index (Phi) is 3.94. The maximum absolute atomic E-state index is 12.6. The SMILES string of the molecule is Nc1cccc2c(S(=O)(=O)NCc3cccc(O)c3)cccc12. The Morgan fingerprint density at radius 3 is 2.43 bits per heavy atom. The molecule has 3 rings (SSSR count). The van der Waals surface area contributed by atoms with Crippen LogP contribution in [0, 0.1) is 0 Å². The van der Waals surface area contributed by atoms with Gasteiger partial charge in [-0.2, -0.15) is 0 Å². The maximum atomic E-state index is 12.6. The second-order valence-electron chi connectivity index (χ2n) is 5.19. The van der Waals surface area contributed by atoms with Gasteiger partial charge >= 0.3 is 0 Å². The number of fused-ring (bicyclic) bond motifs is 1. The van der Waals surface area contributed by atoms with Crippen molar-refractivity contribution < 1.29 is 13.5 Å². The lowest BCUT2D eigenvalue weighted by Crippen LogP contribution is -2.23. The fourth-order valence-electron chi connectivity index (χ4n) is 2.46. The van der Waals surface area contributed by atoms with E-state index in [2.05, 4.69) is 4.72 Å². The number of nitrogens with two attached hydrogens (primary N) is 1. The molecule has 0 aliphatic heterocycles. The molecule has 0 amide bonds. The molecule has 0 aliphatic rings. The van der Waals surface area contributed by atoms with Crippen LogP contribution < -0.4 is 10.5 Å². The van der Waals surface area contributed by atoms with Crippen molar-refractivity contribution in [1.82, 2.24) is 4.72 Å². The van der Waals surface area contributed by atoms with E-state index >= 15 is 0 Å². The van der Waals surface area contributed by atoms with Crippen LogP contribution in [0.15, 0.2) is 65.6 Å². The Morgan fingerprint density at radius 1 is 0.957 bits per heavy atom. The van der Waals surface area contributed by atoms with E-state index in [1.807, 2.05) is 0 Å². The van der Waals surface area contributed by atoms with Crippen LogP contribution in [0.3, 0.4) is 0 Å². The third-order valence-electron chi connectivity index (χ3n) is 3.58. The highest BCUT2D eigenvalue weighted by atomic mass is 32.2. The largest absolute Gasteiger partial charge is 0.508 e. The Hall–Kier alpha value is -2.57. The van der Waals surface area contributed by atoms with Crippen LogP contribution in [0.4, 0.5) is 5.69 Å². The van der Waals surface area contributed by atoms with Crippen molar-refractivity contribution in [3.8, 4) is 5.75 Å². The Balaban J connectivity index is 1.96. The molecule has 0 bridgehead atoms. The number of hydrogen-bond acceptors (Lipinski definition) is 4. The number of benzene rings is 3. The summed E-state index contributed by atoms with van der Waals surface area (Å²) >= 11 is 0. The van der Waals surface area contributed by atoms with Crippen LogP contribution >= 0.6 is 0 Å². The van der Waals surface area contributed by atoms with Gasteiger partial charge in [-0.1, -0.05) is 36.4 Å². The van der Waals surface area contributed by atoms with Gasteiger partial charge in [-0.3, -0.25) is 0 Å². The van der Waals surface area contributed by atoms with Crippen LogP contribution in [-0.2, 0) is 16.6 Å². The number of phenols is 1. The van der Waals surface area contributed by atoms with Crippen LogP contribution in [0.25, 0.3) is 10.8 Å². The van der Waals surface area contributed by atoms with Gasteiger partial charge in [-0.15, -0.1) is 0 Å². The molecular weight excluding hydrogens is 312 g/mol. The quantitative estimate of drug-likeness (QED) is 0.642. The molecule has 4 N–H and O–H groups in total. The summed E-state index contributed by atoms with van der Waals surface area (Å²) in [6.45, 7) is 0.0927. The van der Waals surface area contributed by atoms with Crippen LogP contribution in [0.2, 0.25) is 0 Å². The first-order chi connectivity index (χ1) is 11.0. The number of rotatable bonds is 4. The third-order valence-corrected chi connectivity index (χ3v) is 5.04. The van der Waals surface area contributed by atoms with Crippen molar-refractivity contribution >= 4 is 26.5 Å². The van der Waals surface area contributed by atoms with Gasteiger partial charge in [0.05, 0.1) is 4.90 Å². The number of nitrogens with one attached hydrogen (secondary N) is 1. The number of hydrogen-bond donors (Lipinski definition) is 3. The minimum atomic E-state index is -3.70. The van der Waals surface area contributed by atoms with Gasteiger partial charge in [0.2, 0.25) is 10.0 Å². The van der Waals surface area contributed by atoms with Gasteiger partial charge in [0.15, 0.2) is 0 Å². The molecule has 0 unspecified atom stereocenters. The van der Waals surface area contributed by atoms with E-state index in [1.165, 1.54) is 12.1 Å². The number of aromatic hydroxyl groups is 1. The molecule has 6 heteroatoms. The van der Waals surface area contributed by atoms with Gasteiger partial charge in [0, 0.05) is 23.0 Å². The van der Waals surface area contributed by atoms with Crippen molar-refractivity contribution in [3.63, 3.8) is 0 Å². The highest BCUT2D eigenvalue weighted by Gasteiger charge is 2.17. The van der Waals surface area contributed by atoms with Gasteiger partial charge in [-0.05, 0) is 29.8 Å². The Labute approximate surface area is 134 Å². The number of phenolic OH excluding ortho intramolecular Hbond substituents is 1. The zero-order valence-corrected chi connectivity index (χ0v) is 13.0. The summed E-state index contributed by atoms with van der Waals surface area (Å²) in [6, 6.07) is 16.7. The van der Waals surface area contributed by atoms with Crippen molar-refractivity contribution in [1.29, 1.82) is 0 Å². The lowest BCUT2D eigenvalue weighted by molar-refractivity contribution is 0.474. The first-order valence-corrected chi connectivity index (χ1v) is 8.50. The molecular formula is C17H16N2O3S. The second kappa shape index (κ2) is 5.91. The van der Waals surface area contributed by atoms with E-state index in [-0.39, 0.29) is 17.2 Å². The first-order valence-electron chi connectivity index (χ1n) is 7.02. The molecule has 0 atom stereocenters. The molecule has 3 aromatic rings. The Morgan fingerprint density at radius 2 is 1.65 bits per heavy atom. The lowest BCUT2D eigenvalue weighted by Gasteiger charge is -2.11. The minimum Gasteiger partial charge on any atom is -0.508 e. The smallest absolute Gasteiger partial charge is 0.241 e. The molecule has 5 nitrogen and oxygen atoms in total. The first kappa shape index (κ1) is 15.3. The monoisotopic (exact) mass is 328 g/mol. The fourth-order valence-corrected chi connectivity index (χ4v) is 3.70. The van der Waals surface area contributed by atoms with Crippen LogP contribution in [0.5, 0.6) is 5.75 Å². The normalized spacial score (nSPS) is 11.7. The van der Waals surface area contributed by atoms with Crippen molar-refractivity contribution in [2.24, 2.45) is 0 Å². The zero-order valence-electron chi connectivity index (χ0n) is 12.2. The topological polar surface area (TPSA) is 92.4 Å². The summed E-state index contributed by atoms with van der Waals surface area (Å²) < 4.78 is 27.8. The highest BCUT2D eigenvalue weighted by molar-refractivity contribution is 7.89. The van der Waals surface area contributed by atoms with Gasteiger partial charge < -0.3 is 10.8 Å². The lowest BCUT2D eigenvalue weighted by atomic mass is 10.1. The molecule has 0 fully saturated rings. The Bertz CT molecular complexity index is 968. The van der Waals surface area contributed by atoms with Gasteiger partial charge in [-0.25, -0.2) is 13.1 Å². The molecule has 0 spiro atoms. The molecule has 0 saturated carbocycles. The molecule has 23 heavy (non-hydrogen) atoms. The van der Waals surface area contributed by atoms with E-state index < -0.39 is 10.0 Å². The molecule has 0 saturated heterocycles. The standard InChI is InChI=1S/C17H16N2O3S/c18-16-8-2-7-15-14(16)6-3-9-17(15)23(21,22)19-11-12-4-1-5-13(20)10-12/h1-10,19-20H,11,18H2. The summed E-state index contributed by atoms with van der Waals surface area (Å²) in [7, 11) is -3.70. The summed E-state index contributed by atoms with van der Waals surface area (Å²) in [5.41, 5.74) is 7.12. The number of sulfonamides is 1. The summed E-state index contributed by atoms with van der Waals surface area (Å²) in [6.07, 6.45) is 0. The fraction of sp³-hybridized carbons (Fsp3) is 0.0588. The second-order valence-corrected chi connectivity index (χ2v) is 6.93. The van der Waals surface area contributed by atoms with E-state index in [0.717, 1.165) is 0 Å². The molecule has 0 radical (unpaired) electrons. The average Bonchev–Trinajstić information content (AvgIpc) is 2.53. The number of nitrogen functional groups attached to an aromatic ring is 1. The van der Waals surface area contributed by atoms with Gasteiger partial charge in [0.1, 0.15) is 5.75 Å². The summed E-state index contributed by atoms with van der Waals surface area (Å²) in [4.78, 5) is 0.183. The molecule has 3 aromatic carbocycles.